The van der Waals surface area contributed by atoms with Gasteiger partial charge in [-0.05, 0) is 70.5 Å². The molecule has 3 aromatic rings. The first kappa shape index (κ1) is 20.9. The largest absolute Gasteiger partial charge is 0.492 e. The number of halogens is 1. The van der Waals surface area contributed by atoms with Gasteiger partial charge < -0.3 is 9.47 Å². The molecule has 1 heterocycles. The van der Waals surface area contributed by atoms with Gasteiger partial charge in [0.25, 0.3) is 0 Å². The SMILES string of the molecule is Cc1ccc(C2=C(c3ccccc3)c3ccc(OCCN4CCOCC4)cc3C2)cc1F. The van der Waals surface area contributed by atoms with Crippen molar-refractivity contribution in [3.05, 3.63) is 100 Å². The van der Waals surface area contributed by atoms with E-state index in [1.165, 1.54) is 16.7 Å². The van der Waals surface area contributed by atoms with E-state index < -0.39 is 0 Å². The minimum Gasteiger partial charge on any atom is -0.492 e. The second-order valence-electron chi connectivity index (χ2n) is 8.48. The summed E-state index contributed by atoms with van der Waals surface area (Å²) in [6, 6.07) is 22.3. The van der Waals surface area contributed by atoms with E-state index in [-0.39, 0.29) is 5.82 Å². The third-order valence-corrected chi connectivity index (χ3v) is 6.38. The Bertz CT molecular complexity index is 1130. The molecule has 32 heavy (non-hydrogen) atoms. The third-order valence-electron chi connectivity index (χ3n) is 6.38. The fraction of sp³-hybridized carbons (Fsp3) is 0.286. The molecule has 4 heteroatoms. The van der Waals surface area contributed by atoms with Crippen LogP contribution in [0.2, 0.25) is 0 Å². The highest BCUT2D eigenvalue weighted by Gasteiger charge is 2.25. The lowest BCUT2D eigenvalue weighted by Gasteiger charge is -2.26. The van der Waals surface area contributed by atoms with E-state index in [4.69, 9.17) is 9.47 Å². The molecule has 2 aliphatic rings. The van der Waals surface area contributed by atoms with Crippen molar-refractivity contribution in [1.82, 2.24) is 4.90 Å². The summed E-state index contributed by atoms with van der Waals surface area (Å²) >= 11 is 0. The Balaban J connectivity index is 1.41. The van der Waals surface area contributed by atoms with Gasteiger partial charge in [-0.1, -0.05) is 48.5 Å². The van der Waals surface area contributed by atoms with Gasteiger partial charge >= 0.3 is 0 Å². The van der Waals surface area contributed by atoms with Crippen LogP contribution in [-0.2, 0) is 11.2 Å². The molecule has 1 fully saturated rings. The Morgan fingerprint density at radius 3 is 2.53 bits per heavy atom. The molecule has 0 bridgehead atoms. The van der Waals surface area contributed by atoms with Crippen molar-refractivity contribution in [2.24, 2.45) is 0 Å². The zero-order valence-electron chi connectivity index (χ0n) is 18.4. The average molecular weight is 430 g/mol. The van der Waals surface area contributed by atoms with Crippen LogP contribution in [0.3, 0.4) is 0 Å². The smallest absolute Gasteiger partial charge is 0.126 e. The summed E-state index contributed by atoms with van der Waals surface area (Å²) in [7, 11) is 0. The van der Waals surface area contributed by atoms with Crippen molar-refractivity contribution in [1.29, 1.82) is 0 Å². The third kappa shape index (κ3) is 4.34. The maximum absolute atomic E-state index is 14.4. The van der Waals surface area contributed by atoms with Gasteiger partial charge in [0.05, 0.1) is 13.2 Å². The van der Waals surface area contributed by atoms with Crippen molar-refractivity contribution in [2.75, 3.05) is 39.5 Å². The van der Waals surface area contributed by atoms with E-state index in [0.29, 0.717) is 12.2 Å². The lowest BCUT2D eigenvalue weighted by atomic mass is 9.94. The molecule has 0 N–H and O–H groups in total. The summed E-state index contributed by atoms with van der Waals surface area (Å²) in [5.41, 5.74) is 7.54. The molecule has 1 saturated heterocycles. The van der Waals surface area contributed by atoms with Crippen LogP contribution in [0.4, 0.5) is 4.39 Å². The van der Waals surface area contributed by atoms with Crippen molar-refractivity contribution < 1.29 is 13.9 Å². The minimum atomic E-state index is -0.162. The van der Waals surface area contributed by atoms with Crippen molar-refractivity contribution in [3.8, 4) is 5.75 Å². The van der Waals surface area contributed by atoms with E-state index in [2.05, 4.69) is 47.4 Å². The topological polar surface area (TPSA) is 21.7 Å². The Morgan fingerprint density at radius 1 is 0.938 bits per heavy atom. The summed E-state index contributed by atoms with van der Waals surface area (Å²) in [6.45, 7) is 6.90. The van der Waals surface area contributed by atoms with E-state index in [1.54, 1.807) is 13.0 Å². The van der Waals surface area contributed by atoms with Crippen LogP contribution in [0.15, 0.2) is 66.7 Å². The Hall–Kier alpha value is -2.95. The van der Waals surface area contributed by atoms with Crippen molar-refractivity contribution in [2.45, 2.75) is 13.3 Å². The molecule has 0 unspecified atom stereocenters. The zero-order valence-corrected chi connectivity index (χ0v) is 18.4. The molecule has 0 saturated carbocycles. The monoisotopic (exact) mass is 429 g/mol. The fourth-order valence-electron chi connectivity index (χ4n) is 4.57. The highest BCUT2D eigenvalue weighted by atomic mass is 19.1. The molecule has 3 nitrogen and oxygen atoms in total. The van der Waals surface area contributed by atoms with Gasteiger partial charge in [0.2, 0.25) is 0 Å². The average Bonchev–Trinajstić information content (AvgIpc) is 3.21. The van der Waals surface area contributed by atoms with Crippen LogP contribution in [0.1, 0.15) is 27.8 Å². The second-order valence-corrected chi connectivity index (χ2v) is 8.48. The minimum absolute atomic E-state index is 0.162. The fourth-order valence-corrected chi connectivity index (χ4v) is 4.57. The number of hydrogen-bond acceptors (Lipinski definition) is 3. The number of fused-ring (bicyclic) bond motifs is 1. The van der Waals surface area contributed by atoms with E-state index in [0.717, 1.165) is 61.7 Å². The molecule has 3 aromatic carbocycles. The first-order valence-electron chi connectivity index (χ1n) is 11.3. The molecule has 0 amide bonds. The second kappa shape index (κ2) is 9.27. The number of nitrogens with zero attached hydrogens (tertiary/aromatic N) is 1. The number of hydrogen-bond donors (Lipinski definition) is 0. The lowest BCUT2D eigenvalue weighted by molar-refractivity contribution is 0.0322. The van der Waals surface area contributed by atoms with E-state index in [9.17, 15) is 4.39 Å². The van der Waals surface area contributed by atoms with Gasteiger partial charge in [-0.15, -0.1) is 0 Å². The van der Waals surface area contributed by atoms with Gasteiger partial charge in [-0.2, -0.15) is 0 Å². The van der Waals surface area contributed by atoms with Crippen LogP contribution < -0.4 is 4.74 Å². The van der Waals surface area contributed by atoms with Crippen LogP contribution in [0, 0.1) is 12.7 Å². The van der Waals surface area contributed by atoms with E-state index in [1.807, 2.05) is 18.2 Å². The number of allylic oxidation sites excluding steroid dienone is 1. The highest BCUT2D eigenvalue weighted by molar-refractivity contribution is 6.03. The quantitative estimate of drug-likeness (QED) is 0.527. The van der Waals surface area contributed by atoms with Gasteiger partial charge in [0.1, 0.15) is 18.2 Å². The van der Waals surface area contributed by atoms with Crippen molar-refractivity contribution >= 4 is 11.1 Å². The molecule has 0 atom stereocenters. The number of morpholine rings is 1. The number of rotatable bonds is 6. The molecule has 1 aliphatic carbocycles. The van der Waals surface area contributed by atoms with Crippen LogP contribution in [-0.4, -0.2) is 44.4 Å². The molecule has 0 aromatic heterocycles. The van der Waals surface area contributed by atoms with Gasteiger partial charge in [-0.3, -0.25) is 4.90 Å². The normalized spacial score (nSPS) is 16.3. The van der Waals surface area contributed by atoms with Crippen LogP contribution >= 0.6 is 0 Å². The number of ether oxygens (including phenoxy) is 2. The van der Waals surface area contributed by atoms with Gasteiger partial charge in [0, 0.05) is 19.6 Å². The molecular formula is C28H28FNO2. The van der Waals surface area contributed by atoms with Gasteiger partial charge in [0.15, 0.2) is 0 Å². The zero-order chi connectivity index (χ0) is 21.9. The molecule has 0 radical (unpaired) electrons. The predicted molar refractivity (Wildman–Crippen MR) is 126 cm³/mol. The molecule has 5 rings (SSSR count). The Labute approximate surface area is 189 Å². The molecule has 164 valence electrons. The van der Waals surface area contributed by atoms with Crippen molar-refractivity contribution in [3.63, 3.8) is 0 Å². The summed E-state index contributed by atoms with van der Waals surface area (Å²) in [6.07, 6.45) is 0.767. The maximum atomic E-state index is 14.4. The van der Waals surface area contributed by atoms with Crippen LogP contribution in [0.5, 0.6) is 5.75 Å². The highest BCUT2D eigenvalue weighted by Crippen LogP contribution is 2.43. The summed E-state index contributed by atoms with van der Waals surface area (Å²) in [4.78, 5) is 2.37. The Morgan fingerprint density at radius 2 is 1.75 bits per heavy atom. The molecule has 0 spiro atoms. The predicted octanol–water partition coefficient (Wildman–Crippen LogP) is 5.36. The number of benzene rings is 3. The first-order valence-corrected chi connectivity index (χ1v) is 11.3. The van der Waals surface area contributed by atoms with Crippen LogP contribution in [0.25, 0.3) is 11.1 Å². The molecular weight excluding hydrogens is 401 g/mol. The summed E-state index contributed by atoms with van der Waals surface area (Å²) in [5.74, 6) is 0.728. The lowest BCUT2D eigenvalue weighted by Crippen LogP contribution is -2.38. The summed E-state index contributed by atoms with van der Waals surface area (Å²) in [5, 5.41) is 0. The van der Waals surface area contributed by atoms with Gasteiger partial charge in [-0.25, -0.2) is 4.39 Å². The summed E-state index contributed by atoms with van der Waals surface area (Å²) < 4.78 is 25.9. The first-order chi connectivity index (χ1) is 15.7. The Kier molecular flexibility index (Phi) is 6.06. The standard InChI is InChI=1S/C28H28FNO2/c1-20-7-8-22(19-27(20)29)26-18-23-17-24(32-16-13-30-11-14-31-15-12-30)9-10-25(23)28(26)21-5-3-2-4-6-21/h2-10,17,19H,11-16,18H2,1H3. The molecule has 1 aliphatic heterocycles. The van der Waals surface area contributed by atoms with E-state index >= 15 is 0 Å². The maximum Gasteiger partial charge on any atom is 0.126 e. The number of aryl methyl sites for hydroxylation is 1.